The molecule has 1 aliphatic rings. The maximum Gasteiger partial charge on any atom is 0.237 e. The van der Waals surface area contributed by atoms with Crippen LogP contribution in [-0.4, -0.2) is 21.5 Å². The topological polar surface area (TPSA) is 49.4 Å². The smallest absolute Gasteiger partial charge is 0.237 e. The van der Waals surface area contributed by atoms with Crippen molar-refractivity contribution >= 4 is 21.4 Å². The number of nitrogens with zero attached hydrogens (tertiary/aromatic N) is 1. The second-order valence-electron chi connectivity index (χ2n) is 6.05. The van der Waals surface area contributed by atoms with E-state index in [9.17, 15) is 12.8 Å². The zero-order valence-corrected chi connectivity index (χ0v) is 14.2. The summed E-state index contributed by atoms with van der Waals surface area (Å²) in [5, 5.41) is 0. The highest BCUT2D eigenvalue weighted by molar-refractivity contribution is 7.91. The molecule has 2 aromatic carbocycles. The lowest BCUT2D eigenvalue weighted by Crippen LogP contribution is -2.29. The maximum atomic E-state index is 13.6. The average Bonchev–Trinajstić information content (AvgIpc) is 2.58. The first kappa shape index (κ1) is 16.8. The molecule has 128 valence electrons. The lowest BCUT2D eigenvalue weighted by Gasteiger charge is -2.28. The zero-order chi connectivity index (χ0) is 17.0. The molecule has 6 heteroatoms. The maximum absolute atomic E-state index is 13.6. The fourth-order valence-electron chi connectivity index (χ4n) is 2.93. The largest absolute Gasteiger partial charge is 0.372 e. The van der Waals surface area contributed by atoms with Gasteiger partial charge in [-0.3, -0.25) is 4.72 Å². The van der Waals surface area contributed by atoms with E-state index >= 15 is 0 Å². The number of halogens is 1. The van der Waals surface area contributed by atoms with Crippen LogP contribution in [0.2, 0.25) is 0 Å². The highest BCUT2D eigenvalue weighted by atomic mass is 32.2. The second kappa shape index (κ2) is 7.21. The molecule has 1 fully saturated rings. The van der Waals surface area contributed by atoms with Crippen LogP contribution >= 0.6 is 0 Å². The molecule has 1 saturated heterocycles. The Bertz CT molecular complexity index is 785. The number of nitrogens with one attached hydrogen (secondary N) is 1. The average molecular weight is 348 g/mol. The van der Waals surface area contributed by atoms with Crippen LogP contribution in [0.1, 0.15) is 24.8 Å². The van der Waals surface area contributed by atoms with Gasteiger partial charge >= 0.3 is 0 Å². The molecule has 0 unspecified atom stereocenters. The fraction of sp³-hybridized carbons (Fsp3) is 0.333. The summed E-state index contributed by atoms with van der Waals surface area (Å²) in [5.41, 5.74) is 1.76. The van der Waals surface area contributed by atoms with Crippen molar-refractivity contribution < 1.29 is 12.8 Å². The van der Waals surface area contributed by atoms with Crippen LogP contribution in [0.15, 0.2) is 48.5 Å². The van der Waals surface area contributed by atoms with E-state index in [2.05, 4.69) is 9.62 Å². The third-order valence-electron chi connectivity index (χ3n) is 4.17. The molecule has 1 aliphatic heterocycles. The van der Waals surface area contributed by atoms with Gasteiger partial charge < -0.3 is 4.90 Å². The quantitative estimate of drug-likeness (QED) is 0.895. The first-order chi connectivity index (χ1) is 11.5. The summed E-state index contributed by atoms with van der Waals surface area (Å²) < 4.78 is 40.6. The normalized spacial score (nSPS) is 15.3. The van der Waals surface area contributed by atoms with E-state index in [-0.39, 0.29) is 11.3 Å². The number of sulfonamides is 1. The molecule has 3 rings (SSSR count). The lowest BCUT2D eigenvalue weighted by atomic mass is 10.1. The molecule has 0 bridgehead atoms. The molecule has 4 nitrogen and oxygen atoms in total. The summed E-state index contributed by atoms with van der Waals surface area (Å²) >= 11 is 0. The van der Waals surface area contributed by atoms with Gasteiger partial charge in [-0.25, -0.2) is 12.8 Å². The molecular weight excluding hydrogens is 327 g/mol. The van der Waals surface area contributed by atoms with Gasteiger partial charge in [0.15, 0.2) is 0 Å². The van der Waals surface area contributed by atoms with Crippen molar-refractivity contribution in [2.45, 2.75) is 25.0 Å². The van der Waals surface area contributed by atoms with Crippen LogP contribution < -0.4 is 9.62 Å². The Morgan fingerprint density at radius 3 is 2.29 bits per heavy atom. The molecule has 0 aliphatic carbocycles. The minimum Gasteiger partial charge on any atom is -0.372 e. The van der Waals surface area contributed by atoms with E-state index < -0.39 is 15.8 Å². The Balaban J connectivity index is 1.67. The standard InChI is InChI=1S/C18H21FN2O2S/c19-18-7-3-2-6-15(18)14-24(22,23)20-16-8-10-17(11-9-16)21-12-4-1-5-13-21/h2-3,6-11,20H,1,4-5,12-14H2. The summed E-state index contributed by atoms with van der Waals surface area (Å²) in [6.07, 6.45) is 3.65. The van der Waals surface area contributed by atoms with Crippen molar-refractivity contribution in [3.8, 4) is 0 Å². The van der Waals surface area contributed by atoms with Gasteiger partial charge in [0.05, 0.1) is 5.75 Å². The molecule has 24 heavy (non-hydrogen) atoms. The third kappa shape index (κ3) is 4.26. The molecule has 0 atom stereocenters. The molecular formula is C18H21FN2O2S. The molecule has 0 saturated carbocycles. The van der Waals surface area contributed by atoms with Gasteiger partial charge in [-0.2, -0.15) is 0 Å². The van der Waals surface area contributed by atoms with Gasteiger partial charge in [-0.05, 0) is 49.6 Å². The Labute approximate surface area is 142 Å². The van der Waals surface area contributed by atoms with E-state index in [1.54, 1.807) is 18.2 Å². The van der Waals surface area contributed by atoms with Crippen molar-refractivity contribution in [1.82, 2.24) is 0 Å². The van der Waals surface area contributed by atoms with Crippen molar-refractivity contribution in [3.63, 3.8) is 0 Å². The van der Waals surface area contributed by atoms with Crippen LogP contribution in [0.25, 0.3) is 0 Å². The Morgan fingerprint density at radius 1 is 0.958 bits per heavy atom. The number of piperidine rings is 1. The van der Waals surface area contributed by atoms with Gasteiger partial charge in [0, 0.05) is 30.0 Å². The van der Waals surface area contributed by atoms with Crippen LogP contribution in [0, 0.1) is 5.82 Å². The lowest BCUT2D eigenvalue weighted by molar-refractivity contribution is 0.578. The van der Waals surface area contributed by atoms with Crippen molar-refractivity contribution in [1.29, 1.82) is 0 Å². The number of hydrogen-bond donors (Lipinski definition) is 1. The van der Waals surface area contributed by atoms with E-state index in [1.165, 1.54) is 37.5 Å². The molecule has 1 heterocycles. The molecule has 0 aromatic heterocycles. The van der Waals surface area contributed by atoms with Crippen LogP contribution in [0.3, 0.4) is 0 Å². The molecule has 1 N–H and O–H groups in total. The molecule has 0 radical (unpaired) electrons. The van der Waals surface area contributed by atoms with Gasteiger partial charge in [0.1, 0.15) is 5.82 Å². The van der Waals surface area contributed by atoms with Gasteiger partial charge in [0.25, 0.3) is 0 Å². The van der Waals surface area contributed by atoms with Crippen molar-refractivity contribution in [2.24, 2.45) is 0 Å². The zero-order valence-electron chi connectivity index (χ0n) is 13.4. The first-order valence-corrected chi connectivity index (χ1v) is 9.78. The fourth-order valence-corrected chi connectivity index (χ4v) is 4.14. The van der Waals surface area contributed by atoms with Gasteiger partial charge in [0.2, 0.25) is 10.0 Å². The molecule has 2 aromatic rings. The summed E-state index contributed by atoms with van der Waals surface area (Å²) in [4.78, 5) is 2.31. The summed E-state index contributed by atoms with van der Waals surface area (Å²) in [7, 11) is -3.65. The van der Waals surface area contributed by atoms with Gasteiger partial charge in [-0.1, -0.05) is 18.2 Å². The van der Waals surface area contributed by atoms with Crippen molar-refractivity contribution in [2.75, 3.05) is 22.7 Å². The number of benzene rings is 2. The predicted octanol–water partition coefficient (Wildman–Crippen LogP) is 3.76. The number of anilines is 2. The summed E-state index contributed by atoms with van der Waals surface area (Å²) in [5.74, 6) is -0.892. The summed E-state index contributed by atoms with van der Waals surface area (Å²) in [6.45, 7) is 2.08. The SMILES string of the molecule is O=S(=O)(Cc1ccccc1F)Nc1ccc(N2CCCCC2)cc1. The van der Waals surface area contributed by atoms with Crippen LogP contribution in [0.4, 0.5) is 15.8 Å². The summed E-state index contributed by atoms with van der Waals surface area (Å²) in [6, 6.07) is 13.3. The first-order valence-electron chi connectivity index (χ1n) is 8.12. The van der Waals surface area contributed by atoms with E-state index in [0.717, 1.165) is 18.8 Å². The van der Waals surface area contributed by atoms with E-state index in [0.29, 0.717) is 5.69 Å². The minimum atomic E-state index is -3.65. The minimum absolute atomic E-state index is 0.162. The van der Waals surface area contributed by atoms with E-state index in [1.807, 2.05) is 12.1 Å². The van der Waals surface area contributed by atoms with Crippen molar-refractivity contribution in [3.05, 3.63) is 59.9 Å². The Kier molecular flexibility index (Phi) is 5.04. The Morgan fingerprint density at radius 2 is 1.62 bits per heavy atom. The molecule has 0 amide bonds. The molecule has 0 spiro atoms. The monoisotopic (exact) mass is 348 g/mol. The number of rotatable bonds is 5. The van der Waals surface area contributed by atoms with Crippen LogP contribution in [0.5, 0.6) is 0 Å². The number of hydrogen-bond acceptors (Lipinski definition) is 3. The Hall–Kier alpha value is -2.08. The van der Waals surface area contributed by atoms with Crippen LogP contribution in [-0.2, 0) is 15.8 Å². The highest BCUT2D eigenvalue weighted by Crippen LogP contribution is 2.23. The second-order valence-corrected chi connectivity index (χ2v) is 7.77. The predicted molar refractivity (Wildman–Crippen MR) is 95.2 cm³/mol. The third-order valence-corrected chi connectivity index (χ3v) is 5.40. The van der Waals surface area contributed by atoms with E-state index in [4.69, 9.17) is 0 Å². The highest BCUT2D eigenvalue weighted by Gasteiger charge is 2.15. The van der Waals surface area contributed by atoms with Gasteiger partial charge in [-0.15, -0.1) is 0 Å².